The highest BCUT2D eigenvalue weighted by atomic mass is 32.2. The van der Waals surface area contributed by atoms with Gasteiger partial charge in [0.15, 0.2) is 9.84 Å². The van der Waals surface area contributed by atoms with E-state index in [0.29, 0.717) is 16.6 Å². The zero-order valence-corrected chi connectivity index (χ0v) is 18.4. The number of fused-ring (bicyclic) bond motifs is 1. The Hall–Kier alpha value is -3.50. The average Bonchev–Trinajstić information content (AvgIpc) is 3.15. The molecule has 0 bridgehead atoms. The van der Waals surface area contributed by atoms with Gasteiger partial charge < -0.3 is 0 Å². The summed E-state index contributed by atoms with van der Waals surface area (Å²) in [4.78, 5) is -0.606. The highest BCUT2D eigenvalue weighted by Crippen LogP contribution is 2.26. The lowest BCUT2D eigenvalue weighted by Gasteiger charge is -2.11. The Morgan fingerprint density at radius 2 is 1.59 bits per heavy atom. The fraction of sp³-hybridized carbons (Fsp3) is 0.0455. The van der Waals surface area contributed by atoms with Gasteiger partial charge in [0.2, 0.25) is 0 Å². The molecule has 0 aliphatic carbocycles. The van der Waals surface area contributed by atoms with Crippen LogP contribution >= 0.6 is 0 Å². The van der Waals surface area contributed by atoms with Crippen LogP contribution in [0.1, 0.15) is 11.3 Å². The van der Waals surface area contributed by atoms with Gasteiger partial charge in [-0.3, -0.25) is 9.82 Å². The molecule has 2 N–H and O–H groups in total. The number of anilines is 1. The largest absolute Gasteiger partial charge is 0.280 e. The number of hydrogen-bond acceptors (Lipinski definition) is 5. The minimum absolute atomic E-state index is 0.249. The lowest BCUT2D eigenvalue weighted by atomic mass is 10.1. The normalized spacial score (nSPS) is 12.4. The molecule has 3 aromatic carbocycles. The number of H-pyrrole nitrogens is 1. The van der Waals surface area contributed by atoms with E-state index in [2.05, 4.69) is 14.9 Å². The average molecular weight is 472 g/mol. The molecule has 0 fully saturated rings. The Morgan fingerprint density at radius 1 is 0.906 bits per heavy atom. The summed E-state index contributed by atoms with van der Waals surface area (Å²) in [7, 11) is -7.91. The van der Waals surface area contributed by atoms with E-state index in [-0.39, 0.29) is 21.3 Å². The summed E-state index contributed by atoms with van der Waals surface area (Å²) in [6.07, 6.45) is 4.44. The quantitative estimate of drug-likeness (QED) is 0.441. The molecule has 0 aliphatic rings. The first-order valence-corrected chi connectivity index (χ1v) is 12.7. The monoisotopic (exact) mass is 471 g/mol. The van der Waals surface area contributed by atoms with Gasteiger partial charge in [-0.15, -0.1) is 0 Å². The second-order valence-corrected chi connectivity index (χ2v) is 10.7. The molecule has 0 saturated carbocycles. The molecule has 4 rings (SSSR count). The zero-order valence-electron chi connectivity index (χ0n) is 16.8. The summed E-state index contributed by atoms with van der Waals surface area (Å²) in [6.45, 7) is 0. The van der Waals surface area contributed by atoms with Crippen molar-refractivity contribution < 1.29 is 21.2 Å². The van der Waals surface area contributed by atoms with Gasteiger partial charge in [0.05, 0.1) is 16.1 Å². The fourth-order valence-electron chi connectivity index (χ4n) is 3.16. The Morgan fingerprint density at radius 3 is 2.28 bits per heavy atom. The van der Waals surface area contributed by atoms with Crippen molar-refractivity contribution in [1.82, 2.24) is 10.2 Å². The first-order valence-electron chi connectivity index (χ1n) is 9.37. The van der Waals surface area contributed by atoms with Crippen molar-refractivity contribution in [3.63, 3.8) is 0 Å². The van der Waals surface area contributed by atoms with Gasteiger partial charge in [-0.05, 0) is 54.1 Å². The summed E-state index contributed by atoms with van der Waals surface area (Å²) < 4.78 is 65.4. The molecular formula is C22H18FN3O4S2. The van der Waals surface area contributed by atoms with E-state index in [0.717, 1.165) is 11.8 Å². The number of nitrogens with one attached hydrogen (secondary N) is 2. The van der Waals surface area contributed by atoms with E-state index in [1.165, 1.54) is 36.4 Å². The number of rotatable bonds is 6. The maximum Gasteiger partial charge on any atom is 0.263 e. The number of aromatic amines is 1. The number of nitrogens with zero attached hydrogens (tertiary/aromatic N) is 1. The summed E-state index contributed by atoms with van der Waals surface area (Å²) in [5.41, 5.74) is 2.26. The van der Waals surface area contributed by atoms with Crippen molar-refractivity contribution in [3.8, 4) is 0 Å². The van der Waals surface area contributed by atoms with Crippen LogP contribution in [0.25, 0.3) is 23.1 Å². The van der Waals surface area contributed by atoms with Gasteiger partial charge in [0.25, 0.3) is 10.0 Å². The third-order valence-corrected chi connectivity index (χ3v) is 7.41. The zero-order chi connectivity index (χ0) is 22.9. The van der Waals surface area contributed by atoms with E-state index >= 15 is 0 Å². The molecule has 1 heterocycles. The molecule has 32 heavy (non-hydrogen) atoms. The maximum atomic E-state index is 13.1. The van der Waals surface area contributed by atoms with Crippen LogP contribution in [0.5, 0.6) is 0 Å². The number of sulfonamides is 1. The fourth-order valence-corrected chi connectivity index (χ4v) is 5.84. The van der Waals surface area contributed by atoms with Crippen LogP contribution in [-0.4, -0.2) is 33.3 Å². The van der Waals surface area contributed by atoms with Crippen molar-refractivity contribution in [2.24, 2.45) is 0 Å². The lowest BCUT2D eigenvalue weighted by molar-refractivity contribution is 0.588. The van der Waals surface area contributed by atoms with Crippen molar-refractivity contribution >= 4 is 48.6 Å². The highest BCUT2D eigenvalue weighted by molar-refractivity contribution is 7.95. The number of hydrogen-bond donors (Lipinski definition) is 2. The Labute approximate surface area is 184 Å². The molecular weight excluding hydrogens is 453 g/mol. The molecule has 1 aromatic heterocycles. The van der Waals surface area contributed by atoms with E-state index in [4.69, 9.17) is 0 Å². The number of sulfone groups is 1. The summed E-state index contributed by atoms with van der Waals surface area (Å²) in [5.74, 6) is -0.332. The Balaban J connectivity index is 1.68. The van der Waals surface area contributed by atoms with Crippen molar-refractivity contribution in [3.05, 3.63) is 83.8 Å². The minimum Gasteiger partial charge on any atom is -0.280 e. The van der Waals surface area contributed by atoms with Crippen LogP contribution in [0.3, 0.4) is 0 Å². The molecule has 7 nitrogen and oxygen atoms in total. The SMILES string of the molecule is CS(=O)(=O)c1ccccc1S(=O)(=O)Nc1ccc2[nH]nc(C=Cc3ccc(F)cc3)c2c1. The van der Waals surface area contributed by atoms with Crippen molar-refractivity contribution in [2.45, 2.75) is 9.79 Å². The summed E-state index contributed by atoms with van der Waals surface area (Å²) >= 11 is 0. The van der Waals surface area contributed by atoms with Gasteiger partial charge in [-0.2, -0.15) is 5.10 Å². The van der Waals surface area contributed by atoms with Gasteiger partial charge >= 0.3 is 0 Å². The topological polar surface area (TPSA) is 109 Å². The van der Waals surface area contributed by atoms with E-state index in [9.17, 15) is 21.2 Å². The molecule has 4 aromatic rings. The second-order valence-electron chi connectivity index (χ2n) is 7.08. The van der Waals surface area contributed by atoms with Crippen LogP contribution in [0.2, 0.25) is 0 Å². The van der Waals surface area contributed by atoms with Crippen molar-refractivity contribution in [1.29, 1.82) is 0 Å². The molecule has 0 unspecified atom stereocenters. The molecule has 0 spiro atoms. The van der Waals surface area contributed by atoms with Crippen LogP contribution in [0, 0.1) is 5.82 Å². The Bertz CT molecular complexity index is 1540. The molecule has 10 heteroatoms. The molecule has 0 radical (unpaired) electrons. The predicted octanol–water partition coefficient (Wildman–Crippen LogP) is 4.08. The smallest absolute Gasteiger partial charge is 0.263 e. The third-order valence-electron chi connectivity index (χ3n) is 4.69. The molecule has 164 valence electrons. The van der Waals surface area contributed by atoms with Gasteiger partial charge in [-0.25, -0.2) is 21.2 Å². The Kier molecular flexibility index (Phi) is 5.57. The van der Waals surface area contributed by atoms with Crippen LogP contribution in [0.4, 0.5) is 10.1 Å². The van der Waals surface area contributed by atoms with E-state index in [1.54, 1.807) is 42.5 Å². The predicted molar refractivity (Wildman–Crippen MR) is 122 cm³/mol. The van der Waals surface area contributed by atoms with Gasteiger partial charge in [0, 0.05) is 17.3 Å². The first-order chi connectivity index (χ1) is 15.1. The molecule has 0 amide bonds. The second kappa shape index (κ2) is 8.21. The third kappa shape index (κ3) is 4.56. The van der Waals surface area contributed by atoms with Gasteiger partial charge in [0.1, 0.15) is 10.7 Å². The summed E-state index contributed by atoms with van der Waals surface area (Å²) in [5, 5.41) is 7.75. The minimum atomic E-state index is -4.16. The van der Waals surface area contributed by atoms with Crippen molar-refractivity contribution in [2.75, 3.05) is 11.0 Å². The molecule has 0 saturated heterocycles. The van der Waals surface area contributed by atoms with E-state index < -0.39 is 19.9 Å². The van der Waals surface area contributed by atoms with E-state index in [1.807, 2.05) is 0 Å². The standard InChI is InChI=1S/C22H18FN3O4S2/c1-31(27,28)21-4-2-3-5-22(21)32(29,30)26-17-11-13-20-18(14-17)19(24-25-20)12-8-15-6-9-16(23)10-7-15/h2-14,26H,1H3,(H,24,25). The summed E-state index contributed by atoms with van der Waals surface area (Å²) in [6, 6.07) is 16.2. The number of benzene rings is 3. The van der Waals surface area contributed by atoms with Crippen LogP contribution < -0.4 is 4.72 Å². The van der Waals surface area contributed by atoms with Crippen LogP contribution in [0.15, 0.2) is 76.5 Å². The number of halogens is 1. The highest BCUT2D eigenvalue weighted by Gasteiger charge is 2.23. The molecule has 0 aliphatic heterocycles. The van der Waals surface area contributed by atoms with Crippen LogP contribution in [-0.2, 0) is 19.9 Å². The maximum absolute atomic E-state index is 13.1. The molecule has 0 atom stereocenters. The van der Waals surface area contributed by atoms with Gasteiger partial charge in [-0.1, -0.05) is 30.3 Å². The first kappa shape index (κ1) is 21.7. The lowest BCUT2D eigenvalue weighted by Crippen LogP contribution is -2.16. The number of aromatic nitrogens is 2.